The van der Waals surface area contributed by atoms with Crippen LogP contribution in [0.3, 0.4) is 0 Å². The zero-order valence-electron chi connectivity index (χ0n) is 10.8. The van der Waals surface area contributed by atoms with Crippen molar-refractivity contribution in [2.45, 2.75) is 41.0 Å². The van der Waals surface area contributed by atoms with Gasteiger partial charge in [0, 0.05) is 0 Å². The second kappa shape index (κ2) is 7.04. The lowest BCUT2D eigenvalue weighted by Crippen LogP contribution is -2.19. The Kier molecular flexibility index (Phi) is 6.47. The summed E-state index contributed by atoms with van der Waals surface area (Å²) in [7, 11) is 0. The lowest BCUT2D eigenvalue weighted by atomic mass is 9.98. The van der Waals surface area contributed by atoms with Gasteiger partial charge in [-0.3, -0.25) is 0 Å². The maximum absolute atomic E-state index is 10.3. The fourth-order valence-corrected chi connectivity index (χ4v) is 1.31. The highest BCUT2D eigenvalue weighted by molar-refractivity contribution is 5.79. The van der Waals surface area contributed by atoms with Crippen LogP contribution in [0.15, 0.2) is 34.9 Å². The van der Waals surface area contributed by atoms with Gasteiger partial charge in [0.15, 0.2) is 0 Å². The molecule has 1 atom stereocenters. The summed E-state index contributed by atoms with van der Waals surface area (Å²) < 4.78 is 0. The normalized spacial score (nSPS) is 13.9. The number of carboxylic acids is 1. The van der Waals surface area contributed by atoms with E-state index in [9.17, 15) is 9.90 Å². The van der Waals surface area contributed by atoms with Crippen LogP contribution in [0.4, 0.5) is 0 Å². The summed E-state index contributed by atoms with van der Waals surface area (Å²) in [5.41, 5.74) is 3.45. The van der Waals surface area contributed by atoms with Gasteiger partial charge >= 0.3 is 0 Å². The molecular formula is C14H21O2-. The molecule has 0 aliphatic heterocycles. The summed E-state index contributed by atoms with van der Waals surface area (Å²) in [6, 6.07) is 0. The van der Waals surface area contributed by atoms with Crippen LogP contribution < -0.4 is 5.11 Å². The van der Waals surface area contributed by atoms with Crippen molar-refractivity contribution in [3.05, 3.63) is 34.9 Å². The van der Waals surface area contributed by atoms with Gasteiger partial charge in [0.25, 0.3) is 0 Å². The number of allylic oxidation sites excluding steroid dienone is 5. The Labute approximate surface area is 98.4 Å². The third kappa shape index (κ3) is 7.04. The Morgan fingerprint density at radius 1 is 1.25 bits per heavy atom. The van der Waals surface area contributed by atoms with Gasteiger partial charge in [-0.05, 0) is 51.7 Å². The minimum atomic E-state index is -1.14. The lowest BCUT2D eigenvalue weighted by molar-refractivity contribution is -0.297. The minimum absolute atomic E-state index is 0.417. The second-order valence-corrected chi connectivity index (χ2v) is 4.53. The third-order valence-corrected chi connectivity index (χ3v) is 2.51. The number of hydrogen-bond acceptors (Lipinski definition) is 2. The molecule has 0 heterocycles. The van der Waals surface area contributed by atoms with E-state index in [1.807, 2.05) is 12.2 Å². The molecule has 0 rings (SSSR count). The van der Waals surface area contributed by atoms with E-state index in [2.05, 4.69) is 27.7 Å². The molecule has 0 aliphatic carbocycles. The molecule has 1 unspecified atom stereocenters. The molecule has 0 saturated carbocycles. The zero-order chi connectivity index (χ0) is 12.7. The first-order chi connectivity index (χ1) is 7.32. The molecule has 0 amide bonds. The summed E-state index contributed by atoms with van der Waals surface area (Å²) in [4.78, 5) is 10.3. The fraction of sp³-hybridized carbons (Fsp3) is 0.500. The summed E-state index contributed by atoms with van der Waals surface area (Å²) in [5, 5.41) is 10.3. The molecule has 2 nitrogen and oxygen atoms in total. The van der Waals surface area contributed by atoms with Crippen LogP contribution in [0.5, 0.6) is 0 Å². The first-order valence-electron chi connectivity index (χ1n) is 5.53. The topological polar surface area (TPSA) is 40.1 Å². The predicted molar refractivity (Wildman–Crippen MR) is 65.7 cm³/mol. The highest BCUT2D eigenvalue weighted by atomic mass is 16.4. The van der Waals surface area contributed by atoms with Crippen molar-refractivity contribution in [2.24, 2.45) is 5.92 Å². The predicted octanol–water partition coefficient (Wildman–Crippen LogP) is 2.62. The first-order valence-corrected chi connectivity index (χ1v) is 5.53. The molecule has 0 fully saturated rings. The van der Waals surface area contributed by atoms with Gasteiger partial charge in [-0.1, -0.05) is 30.2 Å². The quantitative estimate of drug-likeness (QED) is 0.407. The maximum atomic E-state index is 10.3. The number of hydrogen-bond donors (Lipinski definition) is 0. The van der Waals surface area contributed by atoms with Gasteiger partial charge < -0.3 is 9.90 Å². The number of carboxylic acid groups (broad SMARTS) is 1. The molecule has 0 saturated heterocycles. The van der Waals surface area contributed by atoms with Crippen LogP contribution >= 0.6 is 0 Å². The van der Waals surface area contributed by atoms with Crippen LogP contribution in [0.2, 0.25) is 0 Å². The Hall–Kier alpha value is -1.31. The summed E-state index contributed by atoms with van der Waals surface area (Å²) in [6.07, 6.45) is 5.98. The van der Waals surface area contributed by atoms with Gasteiger partial charge in [0.2, 0.25) is 0 Å². The van der Waals surface area contributed by atoms with Gasteiger partial charge in [0.1, 0.15) is 0 Å². The smallest absolute Gasteiger partial charge is 0.0645 e. The molecule has 90 valence electrons. The van der Waals surface area contributed by atoms with Gasteiger partial charge in [-0.15, -0.1) is 0 Å². The number of aliphatic carboxylic acids is 1. The van der Waals surface area contributed by atoms with E-state index in [-0.39, 0.29) is 0 Å². The molecule has 0 aliphatic rings. The van der Waals surface area contributed by atoms with E-state index in [1.165, 1.54) is 11.1 Å². The largest absolute Gasteiger partial charge is 0.545 e. The van der Waals surface area contributed by atoms with Crippen LogP contribution in [0.1, 0.15) is 41.0 Å². The highest BCUT2D eigenvalue weighted by Crippen LogP contribution is 2.16. The van der Waals surface area contributed by atoms with Crippen molar-refractivity contribution in [1.29, 1.82) is 0 Å². The molecule has 0 aromatic carbocycles. The number of carbonyl (C=O) groups is 1. The van der Waals surface area contributed by atoms with Crippen LogP contribution in [0.25, 0.3) is 0 Å². The van der Waals surface area contributed by atoms with Crippen molar-refractivity contribution in [1.82, 2.24) is 0 Å². The van der Waals surface area contributed by atoms with E-state index in [4.69, 9.17) is 0 Å². The molecule has 16 heavy (non-hydrogen) atoms. The zero-order valence-corrected chi connectivity index (χ0v) is 10.8. The Morgan fingerprint density at radius 3 is 2.25 bits per heavy atom. The van der Waals surface area contributed by atoms with E-state index in [1.54, 1.807) is 6.92 Å². The molecule has 0 aromatic heterocycles. The van der Waals surface area contributed by atoms with E-state index in [0.717, 1.165) is 12.5 Å². The molecule has 2 heteroatoms. The number of carbonyl (C=O) groups excluding carboxylic acids is 1. The molecule has 0 aromatic rings. The Balaban J connectivity index is 4.36. The van der Waals surface area contributed by atoms with E-state index < -0.39 is 5.97 Å². The van der Waals surface area contributed by atoms with E-state index >= 15 is 0 Å². The standard InChI is InChI=1S/C14H22O2/c1-10(2)13(5)8-11(3)6-7-12(4)9-14(15)16/h6-7,9,11H,8H2,1-5H3,(H,15,16)/p-1/b7-6+,12-9+. The van der Waals surface area contributed by atoms with Gasteiger partial charge in [-0.25, -0.2) is 0 Å². The monoisotopic (exact) mass is 221 g/mol. The Bertz CT molecular complexity index is 329. The van der Waals surface area contributed by atoms with Crippen molar-refractivity contribution in [2.75, 3.05) is 0 Å². The third-order valence-electron chi connectivity index (χ3n) is 2.51. The average Bonchev–Trinajstić information content (AvgIpc) is 2.13. The van der Waals surface area contributed by atoms with E-state index in [0.29, 0.717) is 11.5 Å². The van der Waals surface area contributed by atoms with Crippen LogP contribution in [-0.2, 0) is 4.79 Å². The summed E-state index contributed by atoms with van der Waals surface area (Å²) in [5.74, 6) is -0.727. The highest BCUT2D eigenvalue weighted by Gasteiger charge is 1.99. The first kappa shape index (κ1) is 14.7. The second-order valence-electron chi connectivity index (χ2n) is 4.53. The minimum Gasteiger partial charge on any atom is -0.545 e. The number of rotatable bonds is 5. The molecule has 0 N–H and O–H groups in total. The Morgan fingerprint density at radius 2 is 1.81 bits per heavy atom. The molecular weight excluding hydrogens is 200 g/mol. The molecule has 0 bridgehead atoms. The molecule has 0 radical (unpaired) electrons. The lowest BCUT2D eigenvalue weighted by Gasteiger charge is -2.08. The van der Waals surface area contributed by atoms with Gasteiger partial charge in [-0.2, -0.15) is 0 Å². The van der Waals surface area contributed by atoms with Crippen LogP contribution in [0, 0.1) is 5.92 Å². The average molecular weight is 221 g/mol. The summed E-state index contributed by atoms with van der Waals surface area (Å²) >= 11 is 0. The van der Waals surface area contributed by atoms with Crippen LogP contribution in [-0.4, -0.2) is 5.97 Å². The van der Waals surface area contributed by atoms with Crippen molar-refractivity contribution < 1.29 is 9.90 Å². The molecule has 0 spiro atoms. The fourth-order valence-electron chi connectivity index (χ4n) is 1.31. The maximum Gasteiger partial charge on any atom is 0.0645 e. The summed E-state index contributed by atoms with van der Waals surface area (Å²) in [6.45, 7) is 10.2. The van der Waals surface area contributed by atoms with Crippen molar-refractivity contribution in [3.8, 4) is 0 Å². The van der Waals surface area contributed by atoms with Gasteiger partial charge in [0.05, 0.1) is 5.97 Å². The SMILES string of the molecule is CC(C)=C(C)CC(C)/C=C/C(C)=C/C(=O)[O-]. The van der Waals surface area contributed by atoms with Crippen molar-refractivity contribution >= 4 is 5.97 Å². The van der Waals surface area contributed by atoms with Crippen molar-refractivity contribution in [3.63, 3.8) is 0 Å².